The molecular weight excluding hydrogens is 314 g/mol. The summed E-state index contributed by atoms with van der Waals surface area (Å²) in [4.78, 5) is 14.7. The molecule has 2 aliphatic rings. The summed E-state index contributed by atoms with van der Waals surface area (Å²) >= 11 is 0. The van der Waals surface area contributed by atoms with Crippen LogP contribution in [0, 0.1) is 0 Å². The molecule has 0 spiro atoms. The molecule has 3 rings (SSSR count). The van der Waals surface area contributed by atoms with Crippen molar-refractivity contribution in [3.8, 4) is 0 Å². The van der Waals surface area contributed by atoms with Crippen LogP contribution in [0.2, 0.25) is 0 Å². The Kier molecular flexibility index (Phi) is 5.97. The first-order chi connectivity index (χ1) is 12.0. The van der Waals surface area contributed by atoms with Gasteiger partial charge < -0.3 is 15.7 Å². The molecule has 5 heteroatoms. The molecule has 1 atom stereocenters. The molecule has 3 N–H and O–H groups in total. The third-order valence-electron chi connectivity index (χ3n) is 5.78. The van der Waals surface area contributed by atoms with Gasteiger partial charge in [0.1, 0.15) is 0 Å². The largest absolute Gasteiger partial charge is 0.393 e. The van der Waals surface area contributed by atoms with Gasteiger partial charge in [-0.3, -0.25) is 4.90 Å². The van der Waals surface area contributed by atoms with Gasteiger partial charge in [-0.05, 0) is 57.6 Å². The second kappa shape index (κ2) is 8.19. The maximum Gasteiger partial charge on any atom is 0.315 e. The van der Waals surface area contributed by atoms with Crippen molar-refractivity contribution in [1.29, 1.82) is 0 Å². The van der Waals surface area contributed by atoms with Gasteiger partial charge in [-0.1, -0.05) is 30.3 Å². The molecule has 0 bridgehead atoms. The first-order valence-corrected chi connectivity index (χ1v) is 9.56. The van der Waals surface area contributed by atoms with Gasteiger partial charge in [0.2, 0.25) is 0 Å². The average molecular weight is 345 g/mol. The SMILES string of the molecule is CC1(CNC(=O)NC2CCC(O)CC2)CCCN1Cc1ccccc1. The van der Waals surface area contributed by atoms with Crippen LogP contribution in [0.25, 0.3) is 0 Å². The fourth-order valence-corrected chi connectivity index (χ4v) is 4.08. The number of aliphatic hydroxyl groups is 1. The zero-order valence-corrected chi connectivity index (χ0v) is 15.2. The maximum absolute atomic E-state index is 12.3. The number of nitrogens with one attached hydrogen (secondary N) is 2. The maximum atomic E-state index is 12.3. The fourth-order valence-electron chi connectivity index (χ4n) is 4.08. The normalized spacial score (nSPS) is 30.2. The van der Waals surface area contributed by atoms with E-state index >= 15 is 0 Å². The number of urea groups is 1. The summed E-state index contributed by atoms with van der Waals surface area (Å²) in [5.74, 6) is 0. The van der Waals surface area contributed by atoms with Crippen LogP contribution >= 0.6 is 0 Å². The Morgan fingerprint density at radius 3 is 2.68 bits per heavy atom. The van der Waals surface area contributed by atoms with E-state index in [2.05, 4.69) is 46.7 Å². The van der Waals surface area contributed by atoms with Crippen molar-refractivity contribution in [1.82, 2.24) is 15.5 Å². The number of aliphatic hydroxyl groups excluding tert-OH is 1. The zero-order chi connectivity index (χ0) is 17.7. The first-order valence-electron chi connectivity index (χ1n) is 9.56. The number of likely N-dealkylation sites (tertiary alicyclic amines) is 1. The highest BCUT2D eigenvalue weighted by molar-refractivity contribution is 5.74. The summed E-state index contributed by atoms with van der Waals surface area (Å²) in [7, 11) is 0. The zero-order valence-electron chi connectivity index (χ0n) is 15.2. The van der Waals surface area contributed by atoms with Crippen LogP contribution in [0.4, 0.5) is 4.79 Å². The third kappa shape index (κ3) is 4.95. The van der Waals surface area contributed by atoms with Gasteiger partial charge in [-0.2, -0.15) is 0 Å². The van der Waals surface area contributed by atoms with E-state index in [9.17, 15) is 9.90 Å². The minimum Gasteiger partial charge on any atom is -0.393 e. The van der Waals surface area contributed by atoms with Gasteiger partial charge in [-0.25, -0.2) is 4.79 Å². The van der Waals surface area contributed by atoms with Crippen LogP contribution in [0.5, 0.6) is 0 Å². The van der Waals surface area contributed by atoms with Gasteiger partial charge in [0.05, 0.1) is 6.10 Å². The first kappa shape index (κ1) is 18.2. The highest BCUT2D eigenvalue weighted by Crippen LogP contribution is 2.30. The molecule has 0 radical (unpaired) electrons. The molecule has 25 heavy (non-hydrogen) atoms. The second-order valence-corrected chi connectivity index (χ2v) is 7.84. The highest BCUT2D eigenvalue weighted by Gasteiger charge is 2.36. The molecule has 1 saturated carbocycles. The minimum atomic E-state index is -0.190. The van der Waals surface area contributed by atoms with Gasteiger partial charge in [-0.15, -0.1) is 0 Å². The molecule has 1 heterocycles. The second-order valence-electron chi connectivity index (χ2n) is 7.84. The van der Waals surface area contributed by atoms with Crippen molar-refractivity contribution in [2.24, 2.45) is 0 Å². The molecule has 1 unspecified atom stereocenters. The van der Waals surface area contributed by atoms with E-state index in [4.69, 9.17) is 0 Å². The summed E-state index contributed by atoms with van der Waals surface area (Å²) < 4.78 is 0. The van der Waals surface area contributed by atoms with E-state index in [0.29, 0.717) is 6.54 Å². The van der Waals surface area contributed by atoms with Crippen molar-refractivity contribution >= 4 is 6.03 Å². The van der Waals surface area contributed by atoms with Crippen LogP contribution in [0.1, 0.15) is 51.0 Å². The number of rotatable bonds is 5. The Hall–Kier alpha value is -1.59. The molecule has 2 fully saturated rings. The van der Waals surface area contributed by atoms with E-state index < -0.39 is 0 Å². The van der Waals surface area contributed by atoms with E-state index in [1.54, 1.807) is 0 Å². The number of carbonyl (C=O) groups is 1. The lowest BCUT2D eigenvalue weighted by molar-refractivity contribution is 0.116. The van der Waals surface area contributed by atoms with Crippen molar-refractivity contribution < 1.29 is 9.90 Å². The van der Waals surface area contributed by atoms with Gasteiger partial charge in [0.25, 0.3) is 0 Å². The molecule has 1 aromatic rings. The van der Waals surface area contributed by atoms with Crippen molar-refractivity contribution in [2.45, 2.75) is 69.7 Å². The molecule has 1 aliphatic heterocycles. The van der Waals surface area contributed by atoms with Crippen LogP contribution in [-0.2, 0) is 6.54 Å². The monoisotopic (exact) mass is 345 g/mol. The van der Waals surface area contributed by atoms with E-state index in [0.717, 1.165) is 45.2 Å². The Balaban J connectivity index is 1.48. The van der Waals surface area contributed by atoms with Crippen molar-refractivity contribution in [3.63, 3.8) is 0 Å². The Bertz CT molecular complexity index is 557. The van der Waals surface area contributed by atoms with E-state index in [1.165, 1.54) is 12.0 Å². The van der Waals surface area contributed by atoms with Crippen LogP contribution in [0.15, 0.2) is 30.3 Å². The number of hydrogen-bond donors (Lipinski definition) is 3. The summed E-state index contributed by atoms with van der Waals surface area (Å²) in [6.45, 7) is 4.93. The molecule has 1 aromatic carbocycles. The number of amides is 2. The van der Waals surface area contributed by atoms with Crippen LogP contribution in [-0.4, -0.2) is 46.8 Å². The smallest absolute Gasteiger partial charge is 0.315 e. The Morgan fingerprint density at radius 2 is 1.96 bits per heavy atom. The minimum absolute atomic E-state index is 0.00986. The summed E-state index contributed by atoms with van der Waals surface area (Å²) in [6, 6.07) is 10.6. The van der Waals surface area contributed by atoms with Crippen molar-refractivity contribution in [2.75, 3.05) is 13.1 Å². The van der Waals surface area contributed by atoms with E-state index in [1.807, 2.05) is 6.07 Å². The van der Waals surface area contributed by atoms with E-state index in [-0.39, 0.29) is 23.7 Å². The Morgan fingerprint density at radius 1 is 1.24 bits per heavy atom. The molecule has 5 nitrogen and oxygen atoms in total. The number of nitrogens with zero attached hydrogens (tertiary/aromatic N) is 1. The lowest BCUT2D eigenvalue weighted by Gasteiger charge is -2.36. The van der Waals surface area contributed by atoms with Gasteiger partial charge in [0, 0.05) is 24.7 Å². The fraction of sp³-hybridized carbons (Fsp3) is 0.650. The number of carbonyl (C=O) groups excluding carboxylic acids is 1. The molecule has 1 aliphatic carbocycles. The van der Waals surface area contributed by atoms with Crippen molar-refractivity contribution in [3.05, 3.63) is 35.9 Å². The molecule has 2 amide bonds. The summed E-state index contributed by atoms with van der Waals surface area (Å²) in [6.07, 6.45) is 5.40. The molecule has 0 aromatic heterocycles. The standard InChI is InChI=1S/C20H31N3O2/c1-20(12-5-13-23(20)14-16-6-3-2-4-7-16)15-21-19(25)22-17-8-10-18(24)11-9-17/h2-4,6-7,17-18,24H,5,8-15H2,1H3,(H2,21,22,25). The topological polar surface area (TPSA) is 64.6 Å². The molecule has 138 valence electrons. The molecule has 1 saturated heterocycles. The lowest BCUT2D eigenvalue weighted by Crippen LogP contribution is -2.53. The Labute approximate surface area is 150 Å². The molecular formula is C20H31N3O2. The van der Waals surface area contributed by atoms with Gasteiger partial charge >= 0.3 is 6.03 Å². The predicted molar refractivity (Wildman–Crippen MR) is 99.3 cm³/mol. The lowest BCUT2D eigenvalue weighted by atomic mass is 9.93. The number of benzene rings is 1. The quantitative estimate of drug-likeness (QED) is 0.769. The summed E-state index contributed by atoms with van der Waals surface area (Å²) in [5, 5.41) is 15.7. The van der Waals surface area contributed by atoms with Gasteiger partial charge in [0.15, 0.2) is 0 Å². The number of hydrogen-bond acceptors (Lipinski definition) is 3. The van der Waals surface area contributed by atoms with Crippen LogP contribution in [0.3, 0.4) is 0 Å². The predicted octanol–water partition coefficient (Wildman–Crippen LogP) is 2.64. The summed E-state index contributed by atoms with van der Waals surface area (Å²) in [5.41, 5.74) is 1.33. The third-order valence-corrected chi connectivity index (χ3v) is 5.78. The highest BCUT2D eigenvalue weighted by atomic mass is 16.3. The van der Waals surface area contributed by atoms with Crippen LogP contribution < -0.4 is 10.6 Å². The average Bonchev–Trinajstić information content (AvgIpc) is 2.97.